The minimum Gasteiger partial charge on any atom is -0.366 e. The lowest BCUT2D eigenvalue weighted by Gasteiger charge is -2.36. The first-order chi connectivity index (χ1) is 19.7. The summed E-state index contributed by atoms with van der Waals surface area (Å²) in [6.07, 6.45) is 0. The van der Waals surface area contributed by atoms with Crippen LogP contribution in [0.4, 0.5) is 20.2 Å². The fraction of sp³-hybridized carbons (Fsp3) is 0.161. The molecule has 7 nitrogen and oxygen atoms in total. The summed E-state index contributed by atoms with van der Waals surface area (Å²) in [7, 11) is -4.10. The number of carbonyl (C=O) groups is 2. The third-order valence-electron chi connectivity index (χ3n) is 7.45. The van der Waals surface area contributed by atoms with Crippen LogP contribution in [-0.2, 0) is 16.4 Å². The highest BCUT2D eigenvalue weighted by Crippen LogP contribution is 2.38. The maximum Gasteiger partial charge on any atom is 0.259 e. The number of carbonyl (C=O) groups excluding carboxylic acids is 2. The molecule has 41 heavy (non-hydrogen) atoms. The van der Waals surface area contributed by atoms with Crippen LogP contribution in [-0.4, -0.2) is 51.3 Å². The maximum absolute atomic E-state index is 14.3. The Labute approximate surface area is 236 Å². The molecule has 0 N–H and O–H groups in total. The number of halogens is 2. The van der Waals surface area contributed by atoms with Crippen molar-refractivity contribution in [3.05, 3.63) is 119 Å². The van der Waals surface area contributed by atoms with E-state index in [-0.39, 0.29) is 44.9 Å². The number of anilines is 2. The Morgan fingerprint density at radius 2 is 1.44 bits per heavy atom. The van der Waals surface area contributed by atoms with Crippen LogP contribution in [0.15, 0.2) is 101 Å². The lowest BCUT2D eigenvalue weighted by atomic mass is 10.1. The van der Waals surface area contributed by atoms with Crippen molar-refractivity contribution >= 4 is 33.0 Å². The van der Waals surface area contributed by atoms with Crippen LogP contribution >= 0.6 is 0 Å². The first kappa shape index (κ1) is 26.6. The standard InChI is InChI=1S/C31H25F2N3O4S/c32-23-12-9-21(10-13-23)20-36-27-19-22(11-14-29(27)41(39,40)28-8-4-1-5-24(28)31(36)38)30(37)35-17-15-34(16-18-35)26-7-3-2-6-25(26)33/h1-14,19H,15-18,20H2. The van der Waals surface area contributed by atoms with Crippen LogP contribution in [0.3, 0.4) is 0 Å². The van der Waals surface area contributed by atoms with Gasteiger partial charge in [-0.2, -0.15) is 0 Å². The molecule has 0 aromatic heterocycles. The van der Waals surface area contributed by atoms with Gasteiger partial charge in [-0.3, -0.25) is 9.59 Å². The Morgan fingerprint density at radius 1 is 0.756 bits per heavy atom. The van der Waals surface area contributed by atoms with E-state index in [1.165, 1.54) is 65.6 Å². The van der Waals surface area contributed by atoms with Gasteiger partial charge in [0.2, 0.25) is 9.84 Å². The average Bonchev–Trinajstić information content (AvgIpc) is 3.06. The van der Waals surface area contributed by atoms with Crippen molar-refractivity contribution in [2.24, 2.45) is 0 Å². The summed E-state index contributed by atoms with van der Waals surface area (Å²) < 4.78 is 55.3. The number of nitrogens with zero attached hydrogens (tertiary/aromatic N) is 3. The number of fused-ring (bicyclic) bond motifs is 2. The van der Waals surface area contributed by atoms with Crippen molar-refractivity contribution in [3.8, 4) is 0 Å². The van der Waals surface area contributed by atoms with Crippen LogP contribution in [0.25, 0.3) is 0 Å². The van der Waals surface area contributed by atoms with Crippen LogP contribution in [0.2, 0.25) is 0 Å². The number of sulfone groups is 1. The van der Waals surface area contributed by atoms with E-state index in [2.05, 4.69) is 0 Å². The maximum atomic E-state index is 14.3. The van der Waals surface area contributed by atoms with Gasteiger partial charge in [0.25, 0.3) is 11.8 Å². The zero-order valence-electron chi connectivity index (χ0n) is 21.8. The normalized spacial score (nSPS) is 16.1. The van der Waals surface area contributed by atoms with E-state index in [1.807, 2.05) is 4.90 Å². The van der Waals surface area contributed by atoms with E-state index >= 15 is 0 Å². The highest BCUT2D eigenvalue weighted by molar-refractivity contribution is 7.91. The van der Waals surface area contributed by atoms with Crippen molar-refractivity contribution in [2.45, 2.75) is 16.3 Å². The predicted octanol–water partition coefficient (Wildman–Crippen LogP) is 4.92. The molecule has 0 bridgehead atoms. The Balaban J connectivity index is 1.35. The molecule has 2 heterocycles. The van der Waals surface area contributed by atoms with Crippen molar-refractivity contribution in [1.82, 2.24) is 4.90 Å². The number of hydrogen-bond acceptors (Lipinski definition) is 5. The van der Waals surface area contributed by atoms with E-state index in [9.17, 15) is 26.8 Å². The first-order valence-corrected chi connectivity index (χ1v) is 14.6. The quantitative estimate of drug-likeness (QED) is 0.347. The summed E-state index contributed by atoms with van der Waals surface area (Å²) in [5, 5.41) is 0. The lowest BCUT2D eigenvalue weighted by Crippen LogP contribution is -2.49. The van der Waals surface area contributed by atoms with Crippen molar-refractivity contribution in [3.63, 3.8) is 0 Å². The zero-order chi connectivity index (χ0) is 28.7. The van der Waals surface area contributed by atoms with E-state index in [4.69, 9.17) is 0 Å². The molecule has 0 atom stereocenters. The van der Waals surface area contributed by atoms with Gasteiger partial charge in [-0.25, -0.2) is 17.2 Å². The Hall–Kier alpha value is -4.57. The van der Waals surface area contributed by atoms with Gasteiger partial charge in [-0.05, 0) is 60.2 Å². The molecular weight excluding hydrogens is 548 g/mol. The molecule has 2 amide bonds. The molecular formula is C31H25F2N3O4S. The van der Waals surface area contributed by atoms with Gasteiger partial charge in [-0.1, -0.05) is 36.4 Å². The minimum absolute atomic E-state index is 0.0166. The Morgan fingerprint density at radius 3 is 2.17 bits per heavy atom. The molecule has 0 aliphatic carbocycles. The summed E-state index contributed by atoms with van der Waals surface area (Å²) in [5.74, 6) is -1.64. The summed E-state index contributed by atoms with van der Waals surface area (Å²) in [5.41, 5.74) is 1.38. The zero-order valence-corrected chi connectivity index (χ0v) is 22.7. The predicted molar refractivity (Wildman–Crippen MR) is 150 cm³/mol. The van der Waals surface area contributed by atoms with Crippen molar-refractivity contribution in [1.29, 1.82) is 0 Å². The summed E-state index contributed by atoms with van der Waals surface area (Å²) in [6.45, 7) is 1.50. The second kappa shape index (κ2) is 10.4. The van der Waals surface area contributed by atoms with Crippen LogP contribution in [0, 0.1) is 11.6 Å². The van der Waals surface area contributed by atoms with Crippen LogP contribution in [0.1, 0.15) is 26.3 Å². The molecule has 208 valence electrons. The smallest absolute Gasteiger partial charge is 0.259 e. The molecule has 4 aromatic carbocycles. The number of amides is 2. The molecule has 10 heteroatoms. The topological polar surface area (TPSA) is 78.0 Å². The molecule has 4 aromatic rings. The Kier molecular flexibility index (Phi) is 6.78. The van der Waals surface area contributed by atoms with Gasteiger partial charge in [0.1, 0.15) is 11.6 Å². The molecule has 0 spiro atoms. The van der Waals surface area contributed by atoms with Crippen molar-refractivity contribution in [2.75, 3.05) is 36.0 Å². The van der Waals surface area contributed by atoms with Crippen molar-refractivity contribution < 1.29 is 26.8 Å². The lowest BCUT2D eigenvalue weighted by molar-refractivity contribution is 0.0746. The molecule has 0 radical (unpaired) electrons. The van der Waals surface area contributed by atoms with Gasteiger partial charge >= 0.3 is 0 Å². The summed E-state index contributed by atoms with van der Waals surface area (Å²) in [6, 6.07) is 22.3. The van der Waals surface area contributed by atoms with Gasteiger partial charge in [0, 0.05) is 31.7 Å². The van der Waals surface area contributed by atoms with Gasteiger partial charge < -0.3 is 14.7 Å². The van der Waals surface area contributed by atoms with Gasteiger partial charge in [-0.15, -0.1) is 0 Å². The van der Waals surface area contributed by atoms with E-state index in [1.54, 1.807) is 35.2 Å². The third-order valence-corrected chi connectivity index (χ3v) is 9.31. The second-order valence-electron chi connectivity index (χ2n) is 9.93. The summed E-state index contributed by atoms with van der Waals surface area (Å²) >= 11 is 0. The van der Waals surface area contributed by atoms with Gasteiger partial charge in [0.05, 0.1) is 33.3 Å². The van der Waals surface area contributed by atoms with Gasteiger partial charge in [0.15, 0.2) is 0 Å². The van der Waals surface area contributed by atoms with E-state index in [0.29, 0.717) is 37.4 Å². The fourth-order valence-corrected chi connectivity index (χ4v) is 6.94. The molecule has 1 saturated heterocycles. The Bertz CT molecular complexity index is 1770. The van der Waals surface area contributed by atoms with Crippen LogP contribution < -0.4 is 9.80 Å². The molecule has 6 rings (SSSR count). The number of rotatable bonds is 4. The molecule has 2 aliphatic heterocycles. The monoisotopic (exact) mass is 573 g/mol. The number of para-hydroxylation sites is 1. The van der Waals surface area contributed by atoms with E-state index in [0.717, 1.165) is 0 Å². The third kappa shape index (κ3) is 4.84. The summed E-state index contributed by atoms with van der Waals surface area (Å²) in [4.78, 5) is 32.0. The molecule has 2 aliphatic rings. The number of piperazine rings is 1. The second-order valence-corrected chi connectivity index (χ2v) is 11.8. The largest absolute Gasteiger partial charge is 0.366 e. The average molecular weight is 574 g/mol. The van der Waals surface area contributed by atoms with E-state index < -0.39 is 21.6 Å². The number of hydrogen-bond donors (Lipinski definition) is 0. The highest BCUT2D eigenvalue weighted by Gasteiger charge is 2.36. The first-order valence-electron chi connectivity index (χ1n) is 13.1. The SMILES string of the molecule is O=C(c1ccc2c(c1)N(Cc1ccc(F)cc1)C(=O)c1ccccc1S2(=O)=O)N1CCN(c2ccccc2F)CC1. The van der Waals surface area contributed by atoms with Crippen LogP contribution in [0.5, 0.6) is 0 Å². The highest BCUT2D eigenvalue weighted by atomic mass is 32.2. The molecule has 0 saturated carbocycles. The minimum atomic E-state index is -4.10. The molecule has 1 fully saturated rings. The fourth-order valence-electron chi connectivity index (χ4n) is 5.31. The number of benzene rings is 4. The molecule has 0 unspecified atom stereocenters.